The average Bonchev–Trinajstić information content (AvgIpc) is 3.33. The number of carbonyl (C=O) groups is 2. The average molecular weight is 396 g/mol. The normalized spacial score (nSPS) is 33.6. The lowest BCUT2D eigenvalue weighted by Gasteiger charge is -2.35. The SMILES string of the molecule is Cc1ccc(CN2C[C@]34C=C[C@H](O3)C(C(=O)N3CCN(C)CC3)C4C2=O)cc1C. The van der Waals surface area contributed by atoms with E-state index in [9.17, 15) is 9.59 Å². The van der Waals surface area contributed by atoms with Crippen LogP contribution in [0.5, 0.6) is 0 Å². The van der Waals surface area contributed by atoms with E-state index in [-0.39, 0.29) is 23.8 Å². The largest absolute Gasteiger partial charge is 0.360 e. The summed E-state index contributed by atoms with van der Waals surface area (Å²) in [7, 11) is 2.07. The van der Waals surface area contributed by atoms with E-state index in [4.69, 9.17) is 4.74 Å². The van der Waals surface area contributed by atoms with Crippen molar-refractivity contribution in [3.8, 4) is 0 Å². The van der Waals surface area contributed by atoms with Crippen LogP contribution in [0.15, 0.2) is 30.4 Å². The smallest absolute Gasteiger partial charge is 0.230 e. The molecule has 0 aliphatic carbocycles. The zero-order valence-electron chi connectivity index (χ0n) is 17.4. The van der Waals surface area contributed by atoms with Crippen molar-refractivity contribution in [2.75, 3.05) is 39.8 Å². The van der Waals surface area contributed by atoms with Gasteiger partial charge in [0.25, 0.3) is 0 Å². The maximum Gasteiger partial charge on any atom is 0.230 e. The predicted molar refractivity (Wildman–Crippen MR) is 109 cm³/mol. The Labute approximate surface area is 172 Å². The van der Waals surface area contributed by atoms with Gasteiger partial charge in [0.15, 0.2) is 0 Å². The van der Waals surface area contributed by atoms with Crippen LogP contribution in [0.2, 0.25) is 0 Å². The summed E-state index contributed by atoms with van der Waals surface area (Å²) < 4.78 is 6.28. The summed E-state index contributed by atoms with van der Waals surface area (Å²) in [5, 5.41) is 0. The molecule has 5 rings (SSSR count). The molecule has 4 atom stereocenters. The third-order valence-corrected chi connectivity index (χ3v) is 7.22. The molecule has 6 heteroatoms. The number of likely N-dealkylation sites (N-methyl/N-ethyl adjacent to an activating group) is 1. The second kappa shape index (κ2) is 6.67. The number of amides is 2. The molecule has 29 heavy (non-hydrogen) atoms. The number of rotatable bonds is 3. The number of fused-ring (bicyclic) bond motifs is 1. The van der Waals surface area contributed by atoms with Gasteiger partial charge >= 0.3 is 0 Å². The third kappa shape index (κ3) is 2.92. The first kappa shape index (κ1) is 18.8. The Morgan fingerprint density at radius 3 is 2.66 bits per heavy atom. The molecule has 0 aromatic heterocycles. The van der Waals surface area contributed by atoms with Gasteiger partial charge in [-0.15, -0.1) is 0 Å². The van der Waals surface area contributed by atoms with Crippen LogP contribution in [0.25, 0.3) is 0 Å². The molecule has 154 valence electrons. The van der Waals surface area contributed by atoms with Crippen LogP contribution in [0.4, 0.5) is 0 Å². The highest BCUT2D eigenvalue weighted by Crippen LogP contribution is 2.52. The molecule has 1 aromatic rings. The molecule has 0 saturated carbocycles. The fourth-order valence-electron chi connectivity index (χ4n) is 5.35. The number of piperazine rings is 1. The van der Waals surface area contributed by atoms with Crippen molar-refractivity contribution < 1.29 is 14.3 Å². The van der Waals surface area contributed by atoms with Crippen molar-refractivity contribution in [2.24, 2.45) is 11.8 Å². The van der Waals surface area contributed by atoms with E-state index in [1.807, 2.05) is 22.0 Å². The lowest BCUT2D eigenvalue weighted by Crippen LogP contribution is -2.52. The van der Waals surface area contributed by atoms with Crippen LogP contribution in [-0.4, -0.2) is 78.0 Å². The molecule has 2 amide bonds. The van der Waals surface area contributed by atoms with Crippen molar-refractivity contribution in [3.63, 3.8) is 0 Å². The molecule has 4 aliphatic rings. The zero-order chi connectivity index (χ0) is 20.3. The second-order valence-electron chi connectivity index (χ2n) is 9.14. The molecule has 6 nitrogen and oxygen atoms in total. The minimum absolute atomic E-state index is 0.0579. The van der Waals surface area contributed by atoms with E-state index in [0.29, 0.717) is 13.1 Å². The minimum Gasteiger partial charge on any atom is -0.360 e. The summed E-state index contributed by atoms with van der Waals surface area (Å²) in [6.45, 7) is 8.49. The van der Waals surface area contributed by atoms with E-state index >= 15 is 0 Å². The Hall–Kier alpha value is -2.18. The van der Waals surface area contributed by atoms with E-state index < -0.39 is 11.5 Å². The fourth-order valence-corrected chi connectivity index (χ4v) is 5.35. The van der Waals surface area contributed by atoms with Crippen molar-refractivity contribution in [1.29, 1.82) is 0 Å². The van der Waals surface area contributed by atoms with E-state index in [1.54, 1.807) is 0 Å². The molecular formula is C23H29N3O3. The molecule has 1 spiro atoms. The molecule has 0 radical (unpaired) electrons. The molecule has 2 bridgehead atoms. The number of aryl methyl sites for hydroxylation is 2. The lowest BCUT2D eigenvalue weighted by atomic mass is 9.76. The predicted octanol–water partition coefficient (Wildman–Crippen LogP) is 1.36. The topological polar surface area (TPSA) is 53.1 Å². The first-order chi connectivity index (χ1) is 13.9. The van der Waals surface area contributed by atoms with Gasteiger partial charge < -0.3 is 19.4 Å². The number of ether oxygens (including phenoxy) is 1. The number of carbonyl (C=O) groups excluding carboxylic acids is 2. The Balaban J connectivity index is 1.37. The molecule has 4 aliphatic heterocycles. The minimum atomic E-state index is -0.631. The Morgan fingerprint density at radius 1 is 1.17 bits per heavy atom. The third-order valence-electron chi connectivity index (χ3n) is 7.22. The van der Waals surface area contributed by atoms with Gasteiger partial charge in [-0.3, -0.25) is 9.59 Å². The van der Waals surface area contributed by atoms with Crippen LogP contribution in [-0.2, 0) is 20.9 Å². The maximum absolute atomic E-state index is 13.4. The van der Waals surface area contributed by atoms with E-state index in [1.165, 1.54) is 11.1 Å². The molecule has 3 saturated heterocycles. The molecule has 2 unspecified atom stereocenters. The molecule has 0 N–H and O–H groups in total. The van der Waals surface area contributed by atoms with Gasteiger partial charge in [-0.2, -0.15) is 0 Å². The number of likely N-dealkylation sites (tertiary alicyclic amines) is 1. The number of nitrogens with zero attached hydrogens (tertiary/aromatic N) is 3. The summed E-state index contributed by atoms with van der Waals surface area (Å²) >= 11 is 0. The monoisotopic (exact) mass is 395 g/mol. The summed E-state index contributed by atoms with van der Waals surface area (Å²) in [6, 6.07) is 6.34. The second-order valence-corrected chi connectivity index (χ2v) is 9.14. The number of benzene rings is 1. The van der Waals surface area contributed by atoms with Gasteiger partial charge in [0, 0.05) is 32.7 Å². The van der Waals surface area contributed by atoms with Gasteiger partial charge in [-0.05, 0) is 37.6 Å². The standard InChI is InChI=1S/C23H29N3O3/c1-15-4-5-17(12-16(15)2)13-26-14-23-7-6-18(29-23)19(20(23)22(26)28)21(27)25-10-8-24(3)9-11-25/h4-7,12,18-20H,8-11,13-14H2,1-3H3/t18-,19?,20?,23-/m0/s1. The van der Waals surface area contributed by atoms with E-state index in [0.717, 1.165) is 31.7 Å². The Morgan fingerprint density at radius 2 is 1.93 bits per heavy atom. The summed E-state index contributed by atoms with van der Waals surface area (Å²) in [6.07, 6.45) is 3.77. The van der Waals surface area contributed by atoms with Gasteiger partial charge in [0.2, 0.25) is 11.8 Å². The summed E-state index contributed by atoms with van der Waals surface area (Å²) in [5.74, 6) is -0.639. The van der Waals surface area contributed by atoms with Crippen LogP contribution in [0.3, 0.4) is 0 Å². The first-order valence-electron chi connectivity index (χ1n) is 10.6. The van der Waals surface area contributed by atoms with Gasteiger partial charge in [0.1, 0.15) is 5.60 Å². The molecule has 4 heterocycles. The molecular weight excluding hydrogens is 366 g/mol. The highest BCUT2D eigenvalue weighted by molar-refractivity contribution is 5.93. The quantitative estimate of drug-likeness (QED) is 0.726. The van der Waals surface area contributed by atoms with E-state index in [2.05, 4.69) is 44.0 Å². The van der Waals surface area contributed by atoms with Crippen molar-refractivity contribution >= 4 is 11.8 Å². The molecule has 3 fully saturated rings. The Kier molecular flexibility index (Phi) is 4.33. The zero-order valence-corrected chi connectivity index (χ0v) is 17.4. The molecule has 1 aromatic carbocycles. The number of hydrogen-bond donors (Lipinski definition) is 0. The van der Waals surface area contributed by atoms with Crippen molar-refractivity contribution in [1.82, 2.24) is 14.7 Å². The van der Waals surface area contributed by atoms with Crippen molar-refractivity contribution in [2.45, 2.75) is 32.1 Å². The maximum atomic E-state index is 13.4. The highest BCUT2D eigenvalue weighted by Gasteiger charge is 2.67. The van der Waals surface area contributed by atoms with Gasteiger partial charge in [-0.25, -0.2) is 0 Å². The highest BCUT2D eigenvalue weighted by atomic mass is 16.5. The van der Waals surface area contributed by atoms with Crippen LogP contribution < -0.4 is 0 Å². The summed E-state index contributed by atoms with van der Waals surface area (Å²) in [5.41, 5.74) is 2.97. The number of hydrogen-bond acceptors (Lipinski definition) is 4. The van der Waals surface area contributed by atoms with Crippen LogP contribution in [0, 0.1) is 25.7 Å². The fraction of sp³-hybridized carbons (Fsp3) is 0.565. The lowest BCUT2D eigenvalue weighted by molar-refractivity contribution is -0.144. The van der Waals surface area contributed by atoms with Crippen molar-refractivity contribution in [3.05, 3.63) is 47.0 Å². The van der Waals surface area contributed by atoms with Gasteiger partial charge in [-0.1, -0.05) is 30.4 Å². The van der Waals surface area contributed by atoms with Crippen LogP contribution in [0.1, 0.15) is 16.7 Å². The summed E-state index contributed by atoms with van der Waals surface area (Å²) in [4.78, 5) is 32.8. The first-order valence-corrected chi connectivity index (χ1v) is 10.6. The Bertz CT molecular complexity index is 889. The van der Waals surface area contributed by atoms with Gasteiger partial charge in [0.05, 0.1) is 24.5 Å². The van der Waals surface area contributed by atoms with Crippen LogP contribution >= 0.6 is 0 Å².